The SMILES string of the molecule is CC(=O)Nc1ccc(S(=O)(=O)O)c(N=Nc2c(S(=O)(=O)O)cc3c(N=Nc4ccc(S(=O)O)cc4S(=O)(=O)O)c(N)ccc3c2O)c1. The van der Waals surface area contributed by atoms with Crippen LogP contribution in [0.3, 0.4) is 0 Å². The summed E-state index contributed by atoms with van der Waals surface area (Å²) in [6, 6.07) is 8.60. The van der Waals surface area contributed by atoms with Crippen molar-refractivity contribution in [2.45, 2.75) is 26.5 Å². The highest BCUT2D eigenvalue weighted by atomic mass is 32.2. The molecule has 19 nitrogen and oxygen atoms in total. The van der Waals surface area contributed by atoms with Crippen molar-refractivity contribution in [1.82, 2.24) is 0 Å². The summed E-state index contributed by atoms with van der Waals surface area (Å²) in [4.78, 5) is 8.20. The summed E-state index contributed by atoms with van der Waals surface area (Å²) in [5, 5.41) is 27.7. The number of nitrogens with two attached hydrogens (primary N) is 1. The first-order valence-corrected chi connectivity index (χ1v) is 17.6. The first-order valence-electron chi connectivity index (χ1n) is 12.2. The van der Waals surface area contributed by atoms with Gasteiger partial charge in [-0.3, -0.25) is 18.5 Å². The molecule has 0 aromatic heterocycles. The first-order chi connectivity index (χ1) is 21.7. The van der Waals surface area contributed by atoms with E-state index >= 15 is 0 Å². The van der Waals surface area contributed by atoms with Crippen molar-refractivity contribution in [3.05, 3.63) is 54.6 Å². The number of anilines is 2. The zero-order valence-electron chi connectivity index (χ0n) is 23.2. The highest BCUT2D eigenvalue weighted by Gasteiger charge is 2.25. The third-order valence-electron chi connectivity index (χ3n) is 6.00. The quantitative estimate of drug-likeness (QED) is 0.0549. The lowest BCUT2D eigenvalue weighted by Gasteiger charge is -2.12. The fourth-order valence-electron chi connectivity index (χ4n) is 4.02. The normalized spacial score (nSPS) is 13.4. The van der Waals surface area contributed by atoms with E-state index in [0.29, 0.717) is 6.07 Å². The molecule has 4 aromatic rings. The van der Waals surface area contributed by atoms with Gasteiger partial charge in [0.2, 0.25) is 5.91 Å². The fraction of sp³-hybridized carbons (Fsp3) is 0.0417. The summed E-state index contributed by atoms with van der Waals surface area (Å²) in [5.41, 5.74) is 3.30. The second-order valence-corrected chi connectivity index (χ2v) is 14.4. The van der Waals surface area contributed by atoms with E-state index < -0.39 is 89.7 Å². The van der Waals surface area contributed by atoms with Gasteiger partial charge in [0.1, 0.15) is 37.4 Å². The molecule has 0 fully saturated rings. The van der Waals surface area contributed by atoms with Crippen molar-refractivity contribution >= 4 is 92.2 Å². The molecule has 47 heavy (non-hydrogen) atoms. The molecule has 0 aliphatic rings. The number of nitrogens with zero attached hydrogens (tertiary/aromatic N) is 4. The number of carbonyl (C=O) groups excluding carboxylic acids is 1. The molecule has 1 amide bonds. The maximum absolute atomic E-state index is 12.4. The number of nitrogen functional groups attached to an aromatic ring is 1. The molecule has 23 heteroatoms. The van der Waals surface area contributed by atoms with E-state index in [4.69, 9.17) is 5.73 Å². The summed E-state index contributed by atoms with van der Waals surface area (Å²) < 4.78 is 122. The van der Waals surface area contributed by atoms with Crippen LogP contribution in [-0.4, -0.2) is 58.7 Å². The minimum Gasteiger partial charge on any atom is -0.505 e. The van der Waals surface area contributed by atoms with Crippen LogP contribution in [-0.2, 0) is 46.2 Å². The molecule has 248 valence electrons. The molecule has 0 bridgehead atoms. The Kier molecular flexibility index (Phi) is 9.56. The Labute approximate surface area is 267 Å². The topological polar surface area (TPSA) is 325 Å². The van der Waals surface area contributed by atoms with Crippen LogP contribution in [0.15, 0.2) is 94.6 Å². The predicted molar refractivity (Wildman–Crippen MR) is 164 cm³/mol. The molecule has 4 rings (SSSR count). The van der Waals surface area contributed by atoms with Crippen molar-refractivity contribution in [2.75, 3.05) is 11.1 Å². The molecule has 0 heterocycles. The fourth-order valence-corrected chi connectivity index (χ4v) is 6.40. The number of rotatable bonds is 9. The minimum atomic E-state index is -5.27. The van der Waals surface area contributed by atoms with Crippen LogP contribution < -0.4 is 11.1 Å². The van der Waals surface area contributed by atoms with Crippen molar-refractivity contribution in [1.29, 1.82) is 0 Å². The van der Waals surface area contributed by atoms with E-state index in [1.165, 1.54) is 12.1 Å². The Hall–Kier alpha value is -4.75. The van der Waals surface area contributed by atoms with Gasteiger partial charge in [0.15, 0.2) is 16.8 Å². The Morgan fingerprint density at radius 1 is 0.723 bits per heavy atom. The average Bonchev–Trinajstić information content (AvgIpc) is 2.94. The molecule has 0 aliphatic carbocycles. The van der Waals surface area contributed by atoms with Crippen molar-refractivity contribution in [3.63, 3.8) is 0 Å². The van der Waals surface area contributed by atoms with E-state index in [0.717, 1.165) is 43.3 Å². The van der Waals surface area contributed by atoms with Crippen LogP contribution in [0.4, 0.5) is 34.1 Å². The zero-order chi connectivity index (χ0) is 35.1. The number of carbonyl (C=O) groups is 1. The number of phenols is 1. The van der Waals surface area contributed by atoms with Crippen molar-refractivity contribution in [3.8, 4) is 5.75 Å². The lowest BCUT2D eigenvalue weighted by molar-refractivity contribution is -0.114. The molecule has 0 radical (unpaired) electrons. The summed E-state index contributed by atoms with van der Waals surface area (Å²) in [6.45, 7) is 1.15. The van der Waals surface area contributed by atoms with E-state index in [2.05, 4.69) is 25.8 Å². The zero-order valence-corrected chi connectivity index (χ0v) is 26.5. The maximum Gasteiger partial charge on any atom is 0.296 e. The monoisotopic (exact) mass is 728 g/mol. The number of nitrogens with one attached hydrogen (secondary N) is 1. The van der Waals surface area contributed by atoms with Gasteiger partial charge in [-0.2, -0.15) is 25.3 Å². The van der Waals surface area contributed by atoms with Crippen LogP contribution in [0.25, 0.3) is 10.8 Å². The van der Waals surface area contributed by atoms with Crippen LogP contribution in [0.1, 0.15) is 6.92 Å². The molecule has 0 saturated carbocycles. The van der Waals surface area contributed by atoms with Gasteiger partial charge in [-0.25, -0.2) is 4.21 Å². The maximum atomic E-state index is 12.4. The smallest absolute Gasteiger partial charge is 0.296 e. The number of hydrogen-bond donors (Lipinski definition) is 7. The first kappa shape index (κ1) is 35.1. The Morgan fingerprint density at radius 3 is 1.89 bits per heavy atom. The van der Waals surface area contributed by atoms with Gasteiger partial charge in [0.05, 0.1) is 10.6 Å². The summed E-state index contributed by atoms with van der Waals surface area (Å²) in [6.07, 6.45) is 0. The predicted octanol–water partition coefficient (Wildman–Crippen LogP) is 4.24. The van der Waals surface area contributed by atoms with Crippen LogP contribution in [0.2, 0.25) is 0 Å². The lowest BCUT2D eigenvalue weighted by atomic mass is 10.1. The number of benzene rings is 4. The van der Waals surface area contributed by atoms with E-state index in [-0.39, 0.29) is 27.8 Å². The van der Waals surface area contributed by atoms with Crippen molar-refractivity contribution < 1.29 is 57.6 Å². The Morgan fingerprint density at radius 2 is 1.32 bits per heavy atom. The molecule has 0 spiro atoms. The van der Waals surface area contributed by atoms with Gasteiger partial charge in [-0.15, -0.1) is 20.5 Å². The van der Waals surface area contributed by atoms with E-state index in [1.807, 2.05) is 0 Å². The van der Waals surface area contributed by atoms with Crippen LogP contribution in [0, 0.1) is 0 Å². The van der Waals surface area contributed by atoms with Crippen molar-refractivity contribution in [2.24, 2.45) is 20.5 Å². The molecule has 8 N–H and O–H groups in total. The highest BCUT2D eigenvalue weighted by molar-refractivity contribution is 7.86. The molecular weight excluding hydrogens is 709 g/mol. The number of fused-ring (bicyclic) bond motifs is 1. The number of aromatic hydroxyl groups is 1. The van der Waals surface area contributed by atoms with Crippen LogP contribution >= 0.6 is 0 Å². The number of azo groups is 2. The molecule has 4 aromatic carbocycles. The summed E-state index contributed by atoms with van der Waals surface area (Å²) >= 11 is -2.64. The highest BCUT2D eigenvalue weighted by Crippen LogP contribution is 2.46. The van der Waals surface area contributed by atoms with Gasteiger partial charge < -0.3 is 20.7 Å². The number of phenolic OH excluding ortho intramolecular Hbond substituents is 1. The number of hydrogen-bond acceptors (Lipinski definition) is 14. The Balaban J connectivity index is 1.96. The summed E-state index contributed by atoms with van der Waals surface area (Å²) in [7, 11) is -15.2. The Bertz CT molecular complexity index is 2400. The van der Waals surface area contributed by atoms with E-state index in [1.54, 1.807) is 0 Å². The standard InChI is InChI=1S/C24H20N6O13S4/c1-11(31)26-12-2-7-19(45(35,36)37)18(8-12)28-30-23-21(47(41,42)43)10-15-14(24(23)32)4-5-16(25)22(15)29-27-17-6-3-13(44(33)34)9-20(17)46(38,39)40/h2-10,32H,25H2,1H3,(H,26,31)(H,33,34)(H,35,36,37)(H,38,39,40)(H,41,42,43). The third kappa shape index (κ3) is 7.80. The molecule has 1 unspecified atom stereocenters. The van der Waals surface area contributed by atoms with E-state index in [9.17, 15) is 57.6 Å². The molecule has 0 aliphatic heterocycles. The third-order valence-corrected chi connectivity index (χ3v) is 9.31. The average molecular weight is 729 g/mol. The second-order valence-electron chi connectivity index (χ2n) is 9.24. The van der Waals surface area contributed by atoms with Gasteiger partial charge in [0, 0.05) is 23.4 Å². The number of amides is 1. The largest absolute Gasteiger partial charge is 0.505 e. The second kappa shape index (κ2) is 12.8. The molecular formula is C24H20N6O13S4. The van der Waals surface area contributed by atoms with Gasteiger partial charge in [0.25, 0.3) is 30.4 Å². The van der Waals surface area contributed by atoms with Gasteiger partial charge >= 0.3 is 0 Å². The minimum absolute atomic E-state index is 0.00141. The molecule has 0 saturated heterocycles. The van der Waals surface area contributed by atoms with Crippen LogP contribution in [0.5, 0.6) is 5.75 Å². The summed E-state index contributed by atoms with van der Waals surface area (Å²) in [5.74, 6) is -1.52. The van der Waals surface area contributed by atoms with Gasteiger partial charge in [-0.05, 0) is 54.6 Å². The lowest BCUT2D eigenvalue weighted by Crippen LogP contribution is -2.06. The molecule has 1 atom stereocenters. The van der Waals surface area contributed by atoms with Gasteiger partial charge in [-0.1, -0.05) is 0 Å².